The van der Waals surface area contributed by atoms with Gasteiger partial charge in [-0.25, -0.2) is 0 Å². The van der Waals surface area contributed by atoms with E-state index >= 15 is 0 Å². The largest absolute Gasteiger partial charge is 0.295 e. The normalized spacial score (nSPS) is 12.6. The summed E-state index contributed by atoms with van der Waals surface area (Å²) in [6, 6.07) is 14.2. The van der Waals surface area contributed by atoms with E-state index in [1.807, 2.05) is 0 Å². The average molecular weight is 631 g/mol. The lowest BCUT2D eigenvalue weighted by atomic mass is 10.2. The Hall–Kier alpha value is -3.32. The van der Waals surface area contributed by atoms with Gasteiger partial charge in [-0.2, -0.15) is 21.9 Å². The minimum absolute atomic E-state index is 0.174. The van der Waals surface area contributed by atoms with Crippen LogP contribution in [0.1, 0.15) is 5.56 Å². The van der Waals surface area contributed by atoms with E-state index in [1.54, 1.807) is 24.3 Å². The van der Waals surface area contributed by atoms with E-state index in [9.17, 15) is 36.1 Å². The number of anilines is 1. The van der Waals surface area contributed by atoms with Crippen LogP contribution in [0.15, 0.2) is 91.9 Å². The summed E-state index contributed by atoms with van der Waals surface area (Å²) in [6.45, 7) is 0. The van der Waals surface area contributed by atoms with Crippen LogP contribution in [0, 0.1) is 13.7 Å². The molecule has 0 saturated carbocycles. The quantitative estimate of drug-likeness (QED) is 0.0648. The van der Waals surface area contributed by atoms with Crippen molar-refractivity contribution >= 4 is 65.7 Å². The van der Waals surface area contributed by atoms with Gasteiger partial charge >= 0.3 is 0 Å². The molecular weight excluding hydrogens is 617 g/mol. The fraction of sp³-hybridized carbons (Fsp3) is 0. The molecule has 3 N–H and O–H groups in total. The van der Waals surface area contributed by atoms with E-state index in [4.69, 9.17) is 0 Å². The molecule has 0 unspecified atom stereocenters. The monoisotopic (exact) mass is 631 g/mol. The second kappa shape index (κ2) is 10.5. The van der Waals surface area contributed by atoms with Crippen LogP contribution in [0.25, 0.3) is 0 Å². The van der Waals surface area contributed by atoms with Gasteiger partial charge in [0.15, 0.2) is 0 Å². The number of hydrogen-bond donors (Lipinski definition) is 3. The first-order valence-corrected chi connectivity index (χ1v) is 13.2. The zero-order chi connectivity index (χ0) is 25.8. The topological polar surface area (TPSA) is 201 Å². The third-order valence-corrected chi connectivity index (χ3v) is 6.69. The molecule has 0 bridgehead atoms. The Bertz CT molecular complexity index is 1540. The lowest BCUT2D eigenvalue weighted by Crippen LogP contribution is -2.11. The first-order valence-electron chi connectivity index (χ1n) is 9.19. The van der Waals surface area contributed by atoms with Crippen molar-refractivity contribution in [1.82, 2.24) is 0 Å². The van der Waals surface area contributed by atoms with Gasteiger partial charge in [-0.15, -0.1) is 10.2 Å². The highest BCUT2D eigenvalue weighted by atomic mass is 127. The number of hydrazone groups is 1. The predicted molar refractivity (Wildman–Crippen MR) is 133 cm³/mol. The number of nitro groups is 1. The van der Waals surface area contributed by atoms with Crippen molar-refractivity contribution in [2.24, 2.45) is 15.3 Å². The Kier molecular flexibility index (Phi) is 7.90. The highest BCUT2D eigenvalue weighted by Gasteiger charge is 2.23. The van der Waals surface area contributed by atoms with Crippen LogP contribution in [0.4, 0.5) is 17.1 Å². The Morgan fingerprint density at radius 2 is 1.54 bits per heavy atom. The van der Waals surface area contributed by atoms with E-state index in [1.165, 1.54) is 24.3 Å². The number of benzene rings is 3. The average Bonchev–Trinajstić information content (AvgIpc) is 2.79. The van der Waals surface area contributed by atoms with Crippen LogP contribution >= 0.6 is 22.6 Å². The summed E-state index contributed by atoms with van der Waals surface area (Å²) in [4.78, 5) is 8.54. The predicted octanol–water partition coefficient (Wildman–Crippen LogP) is 4.25. The van der Waals surface area contributed by atoms with Crippen LogP contribution in [-0.2, 0) is 20.2 Å². The first kappa shape index (κ1) is 26.3. The number of nitrogens with zero attached hydrogens (tertiary/aromatic N) is 4. The number of rotatable bonds is 7. The van der Waals surface area contributed by atoms with Gasteiger partial charge in [0.05, 0.1) is 21.2 Å². The third-order valence-electron chi connectivity index (χ3n) is 4.23. The van der Waals surface area contributed by atoms with E-state index in [0.29, 0.717) is 11.8 Å². The molecular formula is C19H14IN5O8S2. The molecule has 0 heterocycles. The molecule has 0 spiro atoms. The number of amidine groups is 1. The smallest absolute Gasteiger partial charge is 0.282 e. The van der Waals surface area contributed by atoms with Gasteiger partial charge in [0.2, 0.25) is 5.84 Å². The number of non-ortho nitro benzene ring substituents is 1. The Labute approximate surface area is 212 Å². The minimum Gasteiger partial charge on any atom is -0.282 e. The van der Waals surface area contributed by atoms with E-state index < -0.39 is 40.8 Å². The number of nitrogens with one attached hydrogen (secondary N) is 1. The minimum atomic E-state index is -5.01. The van der Waals surface area contributed by atoms with Crippen LogP contribution in [0.2, 0.25) is 0 Å². The number of halogens is 1. The summed E-state index contributed by atoms with van der Waals surface area (Å²) in [6.07, 6.45) is 0. The summed E-state index contributed by atoms with van der Waals surface area (Å²) in [5, 5.41) is 22.7. The molecule has 0 radical (unpaired) electrons. The standard InChI is InChI=1S/C19H14IN5O8S2/c20-12-1-3-13(4-2-12)21-23-19(24-22-14-5-7-15(8-6-14)25(26)27)17-10-9-16(34(28,29)30)11-18(17)35(31,32)33/h1-11,22H,(H,28,29,30)(H,31,32,33). The third kappa shape index (κ3) is 7.09. The van der Waals surface area contributed by atoms with Crippen LogP contribution in [-0.4, -0.2) is 36.7 Å². The first-order chi connectivity index (χ1) is 16.3. The molecule has 35 heavy (non-hydrogen) atoms. The van der Waals surface area contributed by atoms with Crippen molar-refractivity contribution in [2.75, 3.05) is 5.43 Å². The number of nitro benzene ring substituents is 1. The van der Waals surface area contributed by atoms with Gasteiger partial charge in [-0.1, -0.05) is 0 Å². The highest BCUT2D eigenvalue weighted by Crippen LogP contribution is 2.24. The molecule has 182 valence electrons. The second-order valence-electron chi connectivity index (χ2n) is 6.64. The fourth-order valence-corrected chi connectivity index (χ4v) is 4.24. The molecule has 3 aromatic carbocycles. The van der Waals surface area contributed by atoms with E-state index in [2.05, 4.69) is 43.3 Å². The van der Waals surface area contributed by atoms with Crippen molar-refractivity contribution in [3.05, 3.63) is 86.0 Å². The van der Waals surface area contributed by atoms with Crippen molar-refractivity contribution < 1.29 is 30.9 Å². The molecule has 0 aromatic heterocycles. The number of hydrogen-bond acceptors (Lipinski definition) is 9. The van der Waals surface area contributed by atoms with Crippen LogP contribution < -0.4 is 5.43 Å². The fourth-order valence-electron chi connectivity index (χ4n) is 2.59. The molecule has 0 aliphatic heterocycles. The number of azo groups is 1. The SMILES string of the molecule is O=[N+]([O-])c1ccc(NN=C(N=Nc2ccc(I)cc2)c2ccc(S(=O)(=O)O)cc2S(=O)(=O)O)cc1. The molecule has 0 saturated heterocycles. The Balaban J connectivity index is 2.12. The van der Waals surface area contributed by atoms with Crippen molar-refractivity contribution in [3.8, 4) is 0 Å². The van der Waals surface area contributed by atoms with Gasteiger partial charge in [-0.05, 0) is 77.2 Å². The molecule has 0 aliphatic carbocycles. The lowest BCUT2D eigenvalue weighted by Gasteiger charge is -2.09. The molecule has 13 nitrogen and oxygen atoms in total. The van der Waals surface area contributed by atoms with Crippen molar-refractivity contribution in [3.63, 3.8) is 0 Å². The van der Waals surface area contributed by atoms with Gasteiger partial charge < -0.3 is 0 Å². The van der Waals surface area contributed by atoms with Gasteiger partial charge in [0.1, 0.15) is 4.90 Å². The zero-order valence-corrected chi connectivity index (χ0v) is 21.0. The Morgan fingerprint density at radius 3 is 2.09 bits per heavy atom. The molecule has 0 fully saturated rings. The molecule has 16 heteroatoms. The Morgan fingerprint density at radius 1 is 0.914 bits per heavy atom. The summed E-state index contributed by atoms with van der Waals surface area (Å²) in [7, 11) is -9.80. The maximum Gasteiger partial charge on any atom is 0.295 e. The highest BCUT2D eigenvalue weighted by molar-refractivity contribution is 14.1. The molecule has 0 amide bonds. The van der Waals surface area contributed by atoms with E-state index in [0.717, 1.165) is 15.7 Å². The summed E-state index contributed by atoms with van der Waals surface area (Å²) in [5.41, 5.74) is 2.66. The molecule has 0 atom stereocenters. The van der Waals surface area contributed by atoms with Crippen LogP contribution in [0.5, 0.6) is 0 Å². The molecule has 3 rings (SSSR count). The lowest BCUT2D eigenvalue weighted by molar-refractivity contribution is -0.384. The molecule has 0 aliphatic rings. The van der Waals surface area contributed by atoms with Crippen LogP contribution in [0.3, 0.4) is 0 Å². The van der Waals surface area contributed by atoms with E-state index in [-0.39, 0.29) is 16.9 Å². The summed E-state index contributed by atoms with van der Waals surface area (Å²) < 4.78 is 66.8. The van der Waals surface area contributed by atoms with Gasteiger partial charge in [-0.3, -0.25) is 24.6 Å². The van der Waals surface area contributed by atoms with Crippen molar-refractivity contribution in [2.45, 2.75) is 9.79 Å². The maximum absolute atomic E-state index is 12.0. The summed E-state index contributed by atoms with van der Waals surface area (Å²) in [5.74, 6) is -0.392. The second-order valence-corrected chi connectivity index (χ2v) is 10.7. The van der Waals surface area contributed by atoms with Gasteiger partial charge in [0.25, 0.3) is 25.9 Å². The maximum atomic E-state index is 12.0. The summed E-state index contributed by atoms with van der Waals surface area (Å²) >= 11 is 2.08. The van der Waals surface area contributed by atoms with Gasteiger partial charge in [0, 0.05) is 21.3 Å². The van der Waals surface area contributed by atoms with Crippen molar-refractivity contribution in [1.29, 1.82) is 0 Å². The zero-order valence-electron chi connectivity index (χ0n) is 17.2. The molecule has 3 aromatic rings.